The molecule has 1 N–H and O–H groups in total. The largest absolute Gasteiger partial charge is 0.433 e. The minimum absolute atomic E-state index is 0.00223. The van der Waals surface area contributed by atoms with E-state index in [0.29, 0.717) is 23.1 Å². The molecule has 0 saturated heterocycles. The molecule has 0 atom stereocenters. The molecular formula is C18H12F3N5O3S. The van der Waals surface area contributed by atoms with E-state index in [1.54, 1.807) is 6.92 Å². The van der Waals surface area contributed by atoms with Gasteiger partial charge in [-0.15, -0.1) is 10.2 Å². The zero-order chi connectivity index (χ0) is 21.3. The molecule has 0 aliphatic carbocycles. The minimum atomic E-state index is -4.72. The van der Waals surface area contributed by atoms with Crippen LogP contribution in [0.15, 0.2) is 55.3 Å². The molecule has 0 bridgehead atoms. The molecular weight excluding hydrogens is 423 g/mol. The summed E-state index contributed by atoms with van der Waals surface area (Å²) in [6.07, 6.45) is -4.72. The lowest BCUT2D eigenvalue weighted by atomic mass is 10.1. The third-order valence-corrected chi connectivity index (χ3v) is 4.79. The standard InChI is InChI=1S/C18H12F3N5O3S/c1-9-14(15(26-29-9)10-5-3-2-4-6-10)16-25-24-13(28-16)8-30-17-22-11(18(19,20)21)7-12(27)23-17/h2-7H,8H2,1H3,(H,22,23,27). The Kier molecular flexibility index (Phi) is 5.16. The summed E-state index contributed by atoms with van der Waals surface area (Å²) in [4.78, 5) is 17.1. The van der Waals surface area contributed by atoms with Gasteiger partial charge in [0.1, 0.15) is 17.0 Å². The van der Waals surface area contributed by atoms with Gasteiger partial charge in [-0.2, -0.15) is 13.2 Å². The van der Waals surface area contributed by atoms with E-state index in [0.717, 1.165) is 17.3 Å². The van der Waals surface area contributed by atoms with E-state index < -0.39 is 17.4 Å². The maximum Gasteiger partial charge on any atom is 0.433 e. The number of hydrogen-bond acceptors (Lipinski definition) is 8. The normalized spacial score (nSPS) is 11.7. The van der Waals surface area contributed by atoms with Crippen molar-refractivity contribution in [1.29, 1.82) is 0 Å². The smallest absolute Gasteiger partial charge is 0.420 e. The summed E-state index contributed by atoms with van der Waals surface area (Å²) in [5, 5.41) is 11.7. The first kappa shape index (κ1) is 19.9. The van der Waals surface area contributed by atoms with Crippen molar-refractivity contribution in [2.45, 2.75) is 24.0 Å². The van der Waals surface area contributed by atoms with Crippen LogP contribution in [0.2, 0.25) is 0 Å². The Balaban J connectivity index is 1.56. The quantitative estimate of drug-likeness (QED) is 0.369. The maximum absolute atomic E-state index is 12.8. The molecule has 0 radical (unpaired) electrons. The molecule has 0 aliphatic heterocycles. The third kappa shape index (κ3) is 4.13. The fourth-order valence-electron chi connectivity index (χ4n) is 2.61. The Labute approximate surface area is 170 Å². The molecule has 0 unspecified atom stereocenters. The predicted octanol–water partition coefficient (Wildman–Crippen LogP) is 4.09. The van der Waals surface area contributed by atoms with Crippen LogP contribution >= 0.6 is 11.8 Å². The first-order chi connectivity index (χ1) is 14.3. The first-order valence-corrected chi connectivity index (χ1v) is 9.45. The van der Waals surface area contributed by atoms with Crippen molar-refractivity contribution >= 4 is 11.8 Å². The molecule has 0 amide bonds. The molecule has 3 aromatic heterocycles. The van der Waals surface area contributed by atoms with Crippen molar-refractivity contribution in [3.8, 4) is 22.7 Å². The van der Waals surface area contributed by atoms with Crippen LogP contribution in [0.3, 0.4) is 0 Å². The van der Waals surface area contributed by atoms with Crippen LogP contribution in [-0.2, 0) is 11.9 Å². The van der Waals surface area contributed by atoms with Gasteiger partial charge in [-0.25, -0.2) is 4.98 Å². The van der Waals surface area contributed by atoms with E-state index >= 15 is 0 Å². The number of nitrogens with one attached hydrogen (secondary N) is 1. The van der Waals surface area contributed by atoms with Crippen LogP contribution in [0.25, 0.3) is 22.7 Å². The SMILES string of the molecule is Cc1onc(-c2ccccc2)c1-c1nnc(CSc2nc(C(F)(F)F)cc(=O)[nH]2)o1. The summed E-state index contributed by atoms with van der Waals surface area (Å²) in [7, 11) is 0. The van der Waals surface area contributed by atoms with E-state index in [1.807, 2.05) is 30.3 Å². The summed E-state index contributed by atoms with van der Waals surface area (Å²) in [6.45, 7) is 1.70. The lowest BCUT2D eigenvalue weighted by molar-refractivity contribution is -0.141. The van der Waals surface area contributed by atoms with Crippen LogP contribution in [-0.4, -0.2) is 25.3 Å². The van der Waals surface area contributed by atoms with E-state index in [9.17, 15) is 18.0 Å². The molecule has 0 fully saturated rings. The van der Waals surface area contributed by atoms with E-state index in [2.05, 4.69) is 25.3 Å². The third-order valence-electron chi connectivity index (χ3n) is 3.93. The molecule has 0 saturated carbocycles. The highest BCUT2D eigenvalue weighted by Gasteiger charge is 2.33. The van der Waals surface area contributed by atoms with Crippen molar-refractivity contribution in [2.24, 2.45) is 0 Å². The second kappa shape index (κ2) is 7.78. The topological polar surface area (TPSA) is 111 Å². The number of alkyl halides is 3. The number of thioether (sulfide) groups is 1. The highest BCUT2D eigenvalue weighted by molar-refractivity contribution is 7.98. The number of halogens is 3. The Bertz CT molecular complexity index is 1230. The lowest BCUT2D eigenvalue weighted by Crippen LogP contribution is -2.16. The average molecular weight is 435 g/mol. The number of aromatic nitrogens is 5. The minimum Gasteiger partial charge on any atom is -0.420 e. The van der Waals surface area contributed by atoms with Crippen molar-refractivity contribution in [2.75, 3.05) is 0 Å². The average Bonchev–Trinajstić information content (AvgIpc) is 3.32. The zero-order valence-electron chi connectivity index (χ0n) is 15.2. The highest BCUT2D eigenvalue weighted by Crippen LogP contribution is 2.34. The molecule has 154 valence electrons. The van der Waals surface area contributed by atoms with Gasteiger partial charge < -0.3 is 13.9 Å². The molecule has 12 heteroatoms. The summed E-state index contributed by atoms with van der Waals surface area (Å²) < 4.78 is 49.3. The van der Waals surface area contributed by atoms with Gasteiger partial charge in [0.25, 0.3) is 11.4 Å². The first-order valence-electron chi connectivity index (χ1n) is 8.47. The van der Waals surface area contributed by atoms with Gasteiger partial charge in [-0.05, 0) is 6.92 Å². The van der Waals surface area contributed by atoms with Crippen LogP contribution in [0.1, 0.15) is 17.3 Å². The molecule has 1 aromatic carbocycles. The molecule has 0 aliphatic rings. The fraction of sp³-hybridized carbons (Fsp3) is 0.167. The van der Waals surface area contributed by atoms with Gasteiger partial charge in [0, 0.05) is 11.6 Å². The van der Waals surface area contributed by atoms with Gasteiger partial charge in [-0.3, -0.25) is 4.79 Å². The zero-order valence-corrected chi connectivity index (χ0v) is 16.0. The Morgan fingerprint density at radius 3 is 2.67 bits per heavy atom. The number of H-pyrrole nitrogens is 1. The predicted molar refractivity (Wildman–Crippen MR) is 99.4 cm³/mol. The fourth-order valence-corrected chi connectivity index (χ4v) is 3.32. The second-order valence-electron chi connectivity index (χ2n) is 6.05. The second-order valence-corrected chi connectivity index (χ2v) is 7.02. The van der Waals surface area contributed by atoms with Crippen LogP contribution in [0, 0.1) is 6.92 Å². The number of hydrogen-bond donors (Lipinski definition) is 1. The summed E-state index contributed by atoms with van der Waals surface area (Å²) in [5.41, 5.74) is -0.328. The number of nitrogens with zero attached hydrogens (tertiary/aromatic N) is 4. The number of aryl methyl sites for hydroxylation is 1. The summed E-state index contributed by atoms with van der Waals surface area (Å²) >= 11 is 0.831. The number of benzene rings is 1. The van der Waals surface area contributed by atoms with Crippen LogP contribution in [0.4, 0.5) is 13.2 Å². The van der Waals surface area contributed by atoms with Gasteiger partial charge in [-0.1, -0.05) is 47.3 Å². The van der Waals surface area contributed by atoms with Crippen molar-refractivity contribution in [3.05, 3.63) is 64.1 Å². The van der Waals surface area contributed by atoms with Gasteiger partial charge in [0.05, 0.1) is 5.75 Å². The number of aromatic amines is 1. The van der Waals surface area contributed by atoms with Gasteiger partial charge >= 0.3 is 6.18 Å². The van der Waals surface area contributed by atoms with Gasteiger partial charge in [0.15, 0.2) is 10.9 Å². The van der Waals surface area contributed by atoms with E-state index in [1.165, 1.54) is 0 Å². The highest BCUT2D eigenvalue weighted by atomic mass is 32.2. The van der Waals surface area contributed by atoms with E-state index in [4.69, 9.17) is 8.94 Å². The monoisotopic (exact) mass is 435 g/mol. The van der Waals surface area contributed by atoms with Crippen LogP contribution in [0.5, 0.6) is 0 Å². The van der Waals surface area contributed by atoms with E-state index in [-0.39, 0.29) is 22.7 Å². The summed E-state index contributed by atoms with van der Waals surface area (Å²) in [5.74, 6) is 0.770. The van der Waals surface area contributed by atoms with Gasteiger partial charge in [0.2, 0.25) is 5.89 Å². The molecule has 4 aromatic rings. The van der Waals surface area contributed by atoms with Crippen molar-refractivity contribution in [1.82, 2.24) is 25.3 Å². The van der Waals surface area contributed by atoms with Crippen molar-refractivity contribution < 1.29 is 22.1 Å². The Morgan fingerprint density at radius 2 is 1.93 bits per heavy atom. The Hall–Kier alpha value is -3.41. The number of rotatable bonds is 5. The molecule has 3 heterocycles. The Morgan fingerprint density at radius 1 is 1.17 bits per heavy atom. The lowest BCUT2D eigenvalue weighted by Gasteiger charge is -2.06. The molecule has 0 spiro atoms. The van der Waals surface area contributed by atoms with Crippen molar-refractivity contribution in [3.63, 3.8) is 0 Å². The molecule has 8 nitrogen and oxygen atoms in total. The maximum atomic E-state index is 12.8. The van der Waals surface area contributed by atoms with Crippen LogP contribution < -0.4 is 5.56 Å². The molecule has 30 heavy (non-hydrogen) atoms. The molecule has 4 rings (SSSR count). The summed E-state index contributed by atoms with van der Waals surface area (Å²) in [6, 6.07) is 9.66.